The molecular formula is C13H27N3. The van der Waals surface area contributed by atoms with Crippen molar-refractivity contribution < 1.29 is 0 Å². The molecule has 1 heterocycles. The number of rotatable bonds is 6. The quantitative estimate of drug-likeness (QED) is 0.684. The van der Waals surface area contributed by atoms with E-state index >= 15 is 0 Å². The molecule has 1 saturated carbocycles. The van der Waals surface area contributed by atoms with Gasteiger partial charge in [-0.3, -0.25) is 4.90 Å². The minimum atomic E-state index is 0.746. The lowest BCUT2D eigenvalue weighted by molar-refractivity contribution is 0.0874. The van der Waals surface area contributed by atoms with E-state index in [1.54, 1.807) is 0 Å². The fourth-order valence-corrected chi connectivity index (χ4v) is 2.64. The van der Waals surface area contributed by atoms with Gasteiger partial charge in [0.1, 0.15) is 0 Å². The first-order valence-electron chi connectivity index (χ1n) is 6.99. The Morgan fingerprint density at radius 1 is 1.25 bits per heavy atom. The van der Waals surface area contributed by atoms with E-state index in [2.05, 4.69) is 29.0 Å². The molecule has 0 spiro atoms. The number of piperazine rings is 1. The first-order valence-corrected chi connectivity index (χ1v) is 6.99. The maximum atomic E-state index is 3.59. The van der Waals surface area contributed by atoms with E-state index in [1.165, 1.54) is 58.5 Å². The van der Waals surface area contributed by atoms with Gasteiger partial charge in [0.05, 0.1) is 0 Å². The Morgan fingerprint density at radius 3 is 2.69 bits per heavy atom. The Kier molecular flexibility index (Phi) is 4.62. The molecule has 1 aliphatic carbocycles. The van der Waals surface area contributed by atoms with E-state index < -0.39 is 0 Å². The van der Waals surface area contributed by atoms with Gasteiger partial charge < -0.3 is 10.2 Å². The zero-order valence-corrected chi connectivity index (χ0v) is 10.9. The molecule has 1 saturated heterocycles. The van der Waals surface area contributed by atoms with E-state index in [0.717, 1.165) is 12.1 Å². The molecule has 2 fully saturated rings. The molecule has 1 N–H and O–H groups in total. The highest BCUT2D eigenvalue weighted by molar-refractivity contribution is 4.81. The van der Waals surface area contributed by atoms with Crippen molar-refractivity contribution in [1.29, 1.82) is 0 Å². The van der Waals surface area contributed by atoms with Crippen molar-refractivity contribution in [3.63, 3.8) is 0 Å². The standard InChI is InChI=1S/C13H27N3/c1-3-16-10-9-15(11-12(16)2)8-4-7-14-13-5-6-13/h12-14H,3-11H2,1-2H3. The molecule has 0 amide bonds. The smallest absolute Gasteiger partial charge is 0.0195 e. The fraction of sp³-hybridized carbons (Fsp3) is 1.00. The Labute approximate surface area is 100 Å². The van der Waals surface area contributed by atoms with Gasteiger partial charge in [-0.05, 0) is 45.8 Å². The molecule has 2 aliphatic rings. The highest BCUT2D eigenvalue weighted by Crippen LogP contribution is 2.18. The van der Waals surface area contributed by atoms with E-state index in [0.29, 0.717) is 0 Å². The maximum absolute atomic E-state index is 3.59. The Hall–Kier alpha value is -0.120. The summed E-state index contributed by atoms with van der Waals surface area (Å²) in [6.45, 7) is 12.1. The van der Waals surface area contributed by atoms with Crippen molar-refractivity contribution in [3.05, 3.63) is 0 Å². The van der Waals surface area contributed by atoms with E-state index in [-0.39, 0.29) is 0 Å². The van der Waals surface area contributed by atoms with Gasteiger partial charge in [-0.15, -0.1) is 0 Å². The van der Waals surface area contributed by atoms with Gasteiger partial charge in [0.15, 0.2) is 0 Å². The molecule has 3 nitrogen and oxygen atoms in total. The van der Waals surface area contributed by atoms with Crippen LogP contribution in [0.1, 0.15) is 33.1 Å². The molecule has 0 aromatic heterocycles. The average Bonchev–Trinajstić information content (AvgIpc) is 3.08. The summed E-state index contributed by atoms with van der Waals surface area (Å²) in [4.78, 5) is 5.21. The second-order valence-electron chi connectivity index (χ2n) is 5.36. The fourth-order valence-electron chi connectivity index (χ4n) is 2.64. The van der Waals surface area contributed by atoms with Crippen LogP contribution in [0.3, 0.4) is 0 Å². The predicted octanol–water partition coefficient (Wildman–Crippen LogP) is 1.15. The van der Waals surface area contributed by atoms with Gasteiger partial charge in [0, 0.05) is 31.7 Å². The summed E-state index contributed by atoms with van der Waals surface area (Å²) in [5.41, 5.74) is 0. The van der Waals surface area contributed by atoms with Gasteiger partial charge in [0.2, 0.25) is 0 Å². The number of nitrogens with one attached hydrogen (secondary N) is 1. The third kappa shape index (κ3) is 3.72. The molecule has 1 aliphatic heterocycles. The molecule has 0 radical (unpaired) electrons. The third-order valence-corrected chi connectivity index (χ3v) is 3.92. The van der Waals surface area contributed by atoms with Gasteiger partial charge in [0.25, 0.3) is 0 Å². The van der Waals surface area contributed by atoms with Crippen LogP contribution < -0.4 is 5.32 Å². The minimum Gasteiger partial charge on any atom is -0.314 e. The number of hydrogen-bond donors (Lipinski definition) is 1. The molecule has 94 valence electrons. The highest BCUT2D eigenvalue weighted by Gasteiger charge is 2.22. The molecule has 0 bridgehead atoms. The molecular weight excluding hydrogens is 198 g/mol. The van der Waals surface area contributed by atoms with Crippen LogP contribution in [0, 0.1) is 0 Å². The SMILES string of the molecule is CCN1CCN(CCCNC2CC2)CC1C. The van der Waals surface area contributed by atoms with E-state index in [4.69, 9.17) is 0 Å². The molecule has 0 aromatic rings. The van der Waals surface area contributed by atoms with Crippen LogP contribution in [0.15, 0.2) is 0 Å². The molecule has 16 heavy (non-hydrogen) atoms. The zero-order valence-electron chi connectivity index (χ0n) is 10.9. The average molecular weight is 225 g/mol. The van der Waals surface area contributed by atoms with Gasteiger partial charge in [-0.2, -0.15) is 0 Å². The largest absolute Gasteiger partial charge is 0.314 e. The lowest BCUT2D eigenvalue weighted by atomic mass is 10.2. The normalized spacial score (nSPS) is 28.5. The predicted molar refractivity (Wildman–Crippen MR) is 68.8 cm³/mol. The van der Waals surface area contributed by atoms with Crippen molar-refractivity contribution in [2.45, 2.75) is 45.2 Å². The van der Waals surface area contributed by atoms with Crippen LogP contribution in [0.2, 0.25) is 0 Å². The maximum Gasteiger partial charge on any atom is 0.0195 e. The minimum absolute atomic E-state index is 0.746. The highest BCUT2D eigenvalue weighted by atomic mass is 15.3. The lowest BCUT2D eigenvalue weighted by Crippen LogP contribution is -2.51. The Morgan fingerprint density at radius 2 is 2.06 bits per heavy atom. The van der Waals surface area contributed by atoms with Crippen LogP contribution in [0.25, 0.3) is 0 Å². The second-order valence-corrected chi connectivity index (χ2v) is 5.36. The summed E-state index contributed by atoms with van der Waals surface area (Å²) >= 11 is 0. The Balaban J connectivity index is 1.55. The summed E-state index contributed by atoms with van der Waals surface area (Å²) in [6, 6.07) is 1.62. The van der Waals surface area contributed by atoms with Crippen molar-refractivity contribution >= 4 is 0 Å². The molecule has 0 aromatic carbocycles. The van der Waals surface area contributed by atoms with Crippen LogP contribution in [-0.4, -0.2) is 61.2 Å². The molecule has 2 rings (SSSR count). The topological polar surface area (TPSA) is 18.5 Å². The van der Waals surface area contributed by atoms with Crippen molar-refractivity contribution in [2.75, 3.05) is 39.3 Å². The van der Waals surface area contributed by atoms with Crippen molar-refractivity contribution in [2.24, 2.45) is 0 Å². The number of likely N-dealkylation sites (N-methyl/N-ethyl adjacent to an activating group) is 1. The van der Waals surface area contributed by atoms with Gasteiger partial charge in [-0.25, -0.2) is 0 Å². The summed E-state index contributed by atoms with van der Waals surface area (Å²) in [5.74, 6) is 0. The number of hydrogen-bond acceptors (Lipinski definition) is 3. The molecule has 1 atom stereocenters. The summed E-state index contributed by atoms with van der Waals surface area (Å²) < 4.78 is 0. The third-order valence-electron chi connectivity index (χ3n) is 3.92. The monoisotopic (exact) mass is 225 g/mol. The van der Waals surface area contributed by atoms with Crippen LogP contribution >= 0.6 is 0 Å². The van der Waals surface area contributed by atoms with Crippen LogP contribution in [-0.2, 0) is 0 Å². The lowest BCUT2D eigenvalue weighted by Gasteiger charge is -2.39. The summed E-state index contributed by atoms with van der Waals surface area (Å²) in [5, 5.41) is 3.59. The van der Waals surface area contributed by atoms with Crippen molar-refractivity contribution in [3.8, 4) is 0 Å². The zero-order chi connectivity index (χ0) is 11.4. The van der Waals surface area contributed by atoms with Crippen molar-refractivity contribution in [1.82, 2.24) is 15.1 Å². The first-order chi connectivity index (χ1) is 7.79. The summed E-state index contributed by atoms with van der Waals surface area (Å²) in [6.07, 6.45) is 4.13. The van der Waals surface area contributed by atoms with Gasteiger partial charge in [-0.1, -0.05) is 6.92 Å². The molecule has 3 heteroatoms. The van der Waals surface area contributed by atoms with E-state index in [9.17, 15) is 0 Å². The van der Waals surface area contributed by atoms with Crippen LogP contribution in [0.5, 0.6) is 0 Å². The summed E-state index contributed by atoms with van der Waals surface area (Å²) in [7, 11) is 0. The Bertz CT molecular complexity index is 203. The first kappa shape index (κ1) is 12.3. The van der Waals surface area contributed by atoms with E-state index in [1.807, 2.05) is 0 Å². The van der Waals surface area contributed by atoms with Crippen LogP contribution in [0.4, 0.5) is 0 Å². The molecule has 1 unspecified atom stereocenters. The van der Waals surface area contributed by atoms with Gasteiger partial charge >= 0.3 is 0 Å². The number of nitrogens with zero attached hydrogens (tertiary/aromatic N) is 2. The second kappa shape index (κ2) is 5.99.